The number of nitrogens with one attached hydrogen (secondary N) is 5. The summed E-state index contributed by atoms with van der Waals surface area (Å²) in [6.45, 7) is 2.94. The Morgan fingerprint density at radius 2 is 1.58 bits per heavy atom. The lowest BCUT2D eigenvalue weighted by Crippen LogP contribution is -2.62. The Balaban J connectivity index is 0.875. The van der Waals surface area contributed by atoms with Gasteiger partial charge < -0.3 is 46.6 Å². The van der Waals surface area contributed by atoms with Crippen molar-refractivity contribution in [3.63, 3.8) is 0 Å². The number of rotatable bonds is 24. The van der Waals surface area contributed by atoms with Gasteiger partial charge in [0.2, 0.25) is 41.4 Å². The summed E-state index contributed by atoms with van der Waals surface area (Å²) in [5, 5.41) is 13.6. The van der Waals surface area contributed by atoms with Crippen LogP contribution in [0.1, 0.15) is 112 Å². The van der Waals surface area contributed by atoms with Crippen LogP contribution in [0.3, 0.4) is 0 Å². The highest BCUT2D eigenvalue weighted by Crippen LogP contribution is 2.59. The van der Waals surface area contributed by atoms with Gasteiger partial charge in [0, 0.05) is 93.6 Å². The molecule has 4 fully saturated rings. The van der Waals surface area contributed by atoms with E-state index in [9.17, 15) is 79.9 Å². The number of hydrogen-bond donors (Lipinski definition) is 8. The van der Waals surface area contributed by atoms with Crippen LogP contribution in [-0.4, -0.2) is 195 Å². The number of nitrogens with two attached hydrogens (primary N) is 1. The van der Waals surface area contributed by atoms with Gasteiger partial charge in [0.15, 0.2) is 0 Å². The van der Waals surface area contributed by atoms with Crippen molar-refractivity contribution < 1.29 is 79.9 Å². The molecule has 89 heavy (non-hydrogen) atoms. The number of hydrogen-bond acceptors (Lipinski definition) is 15. The van der Waals surface area contributed by atoms with Crippen molar-refractivity contribution in [1.82, 2.24) is 45.8 Å². The van der Waals surface area contributed by atoms with Crippen LogP contribution in [0.25, 0.3) is 10.1 Å². The van der Waals surface area contributed by atoms with Gasteiger partial charge in [-0.2, -0.15) is 8.78 Å². The summed E-state index contributed by atoms with van der Waals surface area (Å²) < 4.78 is 69.0. The number of benzene rings is 3. The zero-order valence-electron chi connectivity index (χ0n) is 48.6. The van der Waals surface area contributed by atoms with Crippen molar-refractivity contribution in [2.75, 3.05) is 64.2 Å². The van der Waals surface area contributed by atoms with Crippen LogP contribution in [-0.2, 0) is 56.6 Å². The lowest BCUT2D eigenvalue weighted by Gasteiger charge is -2.39. The highest BCUT2D eigenvalue weighted by molar-refractivity contribution is 7.52. The van der Waals surface area contributed by atoms with Gasteiger partial charge in [-0.25, -0.2) is 8.78 Å². The van der Waals surface area contributed by atoms with Crippen molar-refractivity contribution >= 4 is 93.8 Å². The van der Waals surface area contributed by atoms with E-state index in [1.54, 1.807) is 17.0 Å². The molecule has 30 heteroatoms. The van der Waals surface area contributed by atoms with E-state index in [0.717, 1.165) is 59.3 Å². The number of carbonyl (C=O) groups excluding carboxylic acids is 10. The predicted molar refractivity (Wildman–Crippen MR) is 315 cm³/mol. The Kier molecular flexibility index (Phi) is 20.7. The van der Waals surface area contributed by atoms with Gasteiger partial charge in [0.1, 0.15) is 30.2 Å². The zero-order valence-corrected chi connectivity index (χ0v) is 50.3. The van der Waals surface area contributed by atoms with Crippen LogP contribution in [0.2, 0.25) is 0 Å². The first-order chi connectivity index (χ1) is 42.3. The molecule has 6 heterocycles. The SMILES string of the molecule is CCCCc1ccc(C[C@H](NC(=O)[C@H](CCC(N)=O)NC(=O)[C@@H]2CC[C@@H]3CCN(CC(F)F)C[C@H](NC(=O)c4cc5cc(C(F)(F)P(=O)(O)O)ccc5s4)C(=O)N32)C(=O)N2CCN(CCNc3cccc4c3C(=O)N(C3CCC(=O)NC3=O)C4=O)CC2)cc1. The van der Waals surface area contributed by atoms with Crippen molar-refractivity contribution in [1.29, 1.82) is 0 Å². The van der Waals surface area contributed by atoms with Crippen molar-refractivity contribution in [3.8, 4) is 0 Å². The average molecular weight is 1280 g/mol. The molecule has 5 aliphatic rings. The number of imide groups is 2. The van der Waals surface area contributed by atoms with Crippen LogP contribution in [0.5, 0.6) is 0 Å². The number of nitrogens with zero attached hydrogens (tertiary/aromatic N) is 5. The number of amides is 10. The van der Waals surface area contributed by atoms with Crippen molar-refractivity contribution in [2.45, 2.75) is 126 Å². The van der Waals surface area contributed by atoms with Crippen LogP contribution in [0, 0.1) is 0 Å². The predicted octanol–water partition coefficient (Wildman–Crippen LogP) is 3.04. The monoisotopic (exact) mass is 1280 g/mol. The Hall–Kier alpha value is -7.69. The maximum absolute atomic E-state index is 14.8. The second kappa shape index (κ2) is 28.0. The van der Waals surface area contributed by atoms with Crippen molar-refractivity contribution in [3.05, 3.63) is 99.4 Å². The van der Waals surface area contributed by atoms with E-state index < -0.39 is 134 Å². The lowest BCUT2D eigenvalue weighted by atomic mass is 10.00. The van der Waals surface area contributed by atoms with Gasteiger partial charge in [-0.3, -0.25) is 72.5 Å². The van der Waals surface area contributed by atoms with E-state index in [0.29, 0.717) is 37.4 Å². The average Bonchev–Trinajstić information content (AvgIpc) is 1.75. The molecule has 5 aliphatic heterocycles. The smallest absolute Gasteiger partial charge is 0.383 e. The number of piperidine rings is 1. The number of alkyl halides is 4. The number of primary amides is 1. The molecule has 0 radical (unpaired) electrons. The van der Waals surface area contributed by atoms with E-state index in [-0.39, 0.29) is 97.1 Å². The number of anilines is 1. The summed E-state index contributed by atoms with van der Waals surface area (Å²) >= 11 is 0.807. The molecular formula is C59H70F4N11O13PS. The largest absolute Gasteiger partial charge is 0.399 e. The molecule has 0 aliphatic carbocycles. The third-order valence-electron chi connectivity index (χ3n) is 16.8. The molecular weight excluding hydrogens is 1210 g/mol. The molecule has 24 nitrogen and oxygen atoms in total. The maximum atomic E-state index is 14.8. The topological polar surface area (TPSA) is 331 Å². The fourth-order valence-electron chi connectivity index (χ4n) is 12.1. The summed E-state index contributed by atoms with van der Waals surface area (Å²) in [6.07, 6.45) is -0.355. The minimum absolute atomic E-state index is 0.00945. The quantitative estimate of drug-likeness (QED) is 0.0284. The van der Waals surface area contributed by atoms with Gasteiger partial charge in [0.25, 0.3) is 24.1 Å². The van der Waals surface area contributed by atoms with Gasteiger partial charge in [0.05, 0.1) is 22.5 Å². The number of piperazine rings is 1. The first kappa shape index (κ1) is 65.7. The normalized spacial score (nSPS) is 21.0. The van der Waals surface area contributed by atoms with Crippen molar-refractivity contribution in [2.24, 2.45) is 5.73 Å². The Morgan fingerprint density at radius 3 is 2.27 bits per heavy atom. The van der Waals surface area contributed by atoms with Crippen LogP contribution in [0.15, 0.2) is 66.7 Å². The molecule has 1 aromatic heterocycles. The highest BCUT2D eigenvalue weighted by Gasteiger charge is 2.51. The highest BCUT2D eigenvalue weighted by atomic mass is 32.1. The third kappa shape index (κ3) is 15.1. The van der Waals surface area contributed by atoms with Crippen LogP contribution in [0.4, 0.5) is 23.2 Å². The van der Waals surface area contributed by atoms with Crippen LogP contribution < -0.4 is 32.3 Å². The van der Waals surface area contributed by atoms with Crippen LogP contribution >= 0.6 is 18.9 Å². The summed E-state index contributed by atoms with van der Waals surface area (Å²) in [5.74, 6) is -7.13. The minimum Gasteiger partial charge on any atom is -0.383 e. The second-order valence-electron chi connectivity index (χ2n) is 22.9. The number of carbonyl (C=O) groups is 10. The molecule has 10 amide bonds. The zero-order chi connectivity index (χ0) is 64.1. The second-order valence-corrected chi connectivity index (χ2v) is 25.7. The maximum Gasteiger partial charge on any atom is 0.399 e. The number of aryl methyl sites for hydroxylation is 1. The van der Waals surface area contributed by atoms with E-state index in [2.05, 4.69) is 38.4 Å². The summed E-state index contributed by atoms with van der Waals surface area (Å²) in [7, 11) is -5.94. The van der Waals surface area contributed by atoms with E-state index >= 15 is 0 Å². The van der Waals surface area contributed by atoms with Gasteiger partial charge in [-0.1, -0.05) is 49.7 Å². The molecule has 4 saturated heterocycles. The number of halogens is 4. The molecule has 3 aromatic carbocycles. The molecule has 1 unspecified atom stereocenters. The Bertz CT molecular complexity index is 3460. The fraction of sp³-hybridized carbons (Fsp3) is 0.492. The number of thiophene rings is 1. The minimum atomic E-state index is -5.94. The number of fused-ring (bicyclic) bond motifs is 3. The Labute approximate surface area is 512 Å². The molecule has 0 spiro atoms. The fourth-order valence-corrected chi connectivity index (χ4v) is 13.5. The number of unbranched alkanes of at least 4 members (excludes halogenated alkanes) is 1. The Morgan fingerprint density at radius 1 is 0.854 bits per heavy atom. The van der Waals surface area contributed by atoms with Gasteiger partial charge in [-0.15, -0.1) is 11.3 Å². The summed E-state index contributed by atoms with van der Waals surface area (Å²) in [6, 6.07) is 9.00. The van der Waals surface area contributed by atoms with Gasteiger partial charge >= 0.3 is 13.3 Å². The van der Waals surface area contributed by atoms with E-state index in [4.69, 9.17) is 5.73 Å². The standard InChI is InChI=1S/C59H70F4N11O13PS/c1-2-3-5-33-8-10-34(11-9-33)28-41(56(82)72-26-24-70(25-27-72)23-21-65-39-7-4-6-38-50(39)58(84)74(55(38)81)44-16-19-49(76)69-53(44)79)67-51(77)40(14-18-48(64)75)66-52(78)43-15-13-37-20-22-71(32-47(60)61)31-42(57(83)73(37)43)68-54(80)46-30-35-29-36(12-17-45(35)89-46)59(62,63)88(85,86)87/h4,6-12,17,29-30,37,40-44,47,65H,2-3,5,13-16,18-28,31-32H2,1H3,(H2,64,75)(H,66,78)(H,67,77)(H,68,80)(H,69,76,79)(H2,85,86,87)/t37-,40+,41+,42+,43+,44?/m1/s1. The third-order valence-corrected chi connectivity index (χ3v) is 18.9. The van der Waals surface area contributed by atoms with Gasteiger partial charge in [-0.05, 0) is 91.8 Å². The molecule has 478 valence electrons. The van der Waals surface area contributed by atoms with E-state index in [1.165, 1.54) is 21.9 Å². The summed E-state index contributed by atoms with van der Waals surface area (Å²) in [5.41, 5.74) is 2.43. The first-order valence-electron chi connectivity index (χ1n) is 29.5. The lowest BCUT2D eigenvalue weighted by molar-refractivity contribution is -0.144. The first-order valence-corrected chi connectivity index (χ1v) is 31.9. The van der Waals surface area contributed by atoms with E-state index in [1.807, 2.05) is 24.3 Å². The molecule has 9 N–H and O–H groups in total. The molecule has 4 aromatic rings. The molecule has 6 atom stereocenters. The molecule has 0 saturated carbocycles. The molecule has 9 rings (SSSR count). The summed E-state index contributed by atoms with van der Waals surface area (Å²) in [4.78, 5) is 162. The molecule has 0 bridgehead atoms.